The molecular formula is C34H41F3N8O. The summed E-state index contributed by atoms with van der Waals surface area (Å²) < 4.78 is 46.9. The van der Waals surface area contributed by atoms with Crippen LogP contribution in [0.1, 0.15) is 42.4 Å². The SMILES string of the molecule is FC(F)(F)c1ccc(Cn2cnc3c(NC4CCN(Cc5ccccc5)CC4)nc(N4CCC(N5CCOCC5)CC4)nc32)cc1. The van der Waals surface area contributed by atoms with Crippen LogP contribution in [0.4, 0.5) is 24.9 Å². The van der Waals surface area contributed by atoms with Crippen molar-refractivity contribution in [3.8, 4) is 0 Å². The number of halogens is 3. The number of hydrogen-bond acceptors (Lipinski definition) is 8. The molecule has 2 aromatic carbocycles. The van der Waals surface area contributed by atoms with Crippen LogP contribution in [0.3, 0.4) is 0 Å². The minimum absolute atomic E-state index is 0.255. The van der Waals surface area contributed by atoms with Gasteiger partial charge in [-0.3, -0.25) is 9.80 Å². The van der Waals surface area contributed by atoms with Gasteiger partial charge in [0.15, 0.2) is 17.0 Å². The van der Waals surface area contributed by atoms with Crippen molar-refractivity contribution in [1.29, 1.82) is 0 Å². The second-order valence-corrected chi connectivity index (χ2v) is 12.7. The number of likely N-dealkylation sites (tertiary alicyclic amines) is 1. The highest BCUT2D eigenvalue weighted by Gasteiger charge is 2.31. The average Bonchev–Trinajstić information content (AvgIpc) is 3.49. The lowest BCUT2D eigenvalue weighted by molar-refractivity contribution is -0.137. The van der Waals surface area contributed by atoms with E-state index in [9.17, 15) is 13.2 Å². The molecule has 12 heteroatoms. The normalized spacial score (nSPS) is 19.6. The molecule has 0 radical (unpaired) electrons. The quantitative estimate of drug-likeness (QED) is 0.281. The Hall–Kier alpha value is -3.74. The second-order valence-electron chi connectivity index (χ2n) is 12.7. The number of imidazole rings is 1. The number of anilines is 2. The Morgan fingerprint density at radius 1 is 0.783 bits per heavy atom. The fraction of sp³-hybridized carbons (Fsp3) is 0.500. The van der Waals surface area contributed by atoms with Crippen LogP contribution in [-0.4, -0.2) is 93.9 Å². The van der Waals surface area contributed by atoms with E-state index in [0.29, 0.717) is 29.7 Å². The highest BCUT2D eigenvalue weighted by atomic mass is 19.4. The monoisotopic (exact) mass is 634 g/mol. The van der Waals surface area contributed by atoms with E-state index in [1.807, 2.05) is 10.6 Å². The van der Waals surface area contributed by atoms with E-state index < -0.39 is 11.7 Å². The van der Waals surface area contributed by atoms with E-state index in [0.717, 1.165) is 108 Å². The molecule has 0 saturated carbocycles. The number of piperidine rings is 2. The van der Waals surface area contributed by atoms with E-state index in [1.54, 1.807) is 6.33 Å². The highest BCUT2D eigenvalue weighted by molar-refractivity contribution is 5.84. The van der Waals surface area contributed by atoms with Crippen molar-refractivity contribution in [3.63, 3.8) is 0 Å². The Morgan fingerprint density at radius 3 is 2.17 bits per heavy atom. The second kappa shape index (κ2) is 13.5. The molecule has 0 atom stereocenters. The Kier molecular flexibility index (Phi) is 9.10. The van der Waals surface area contributed by atoms with E-state index >= 15 is 0 Å². The summed E-state index contributed by atoms with van der Waals surface area (Å²) in [6, 6.07) is 16.7. The lowest BCUT2D eigenvalue weighted by Gasteiger charge is -2.40. The van der Waals surface area contributed by atoms with Crippen LogP contribution < -0.4 is 10.2 Å². The van der Waals surface area contributed by atoms with E-state index in [4.69, 9.17) is 19.7 Å². The Morgan fingerprint density at radius 2 is 1.48 bits per heavy atom. The summed E-state index contributed by atoms with van der Waals surface area (Å²) in [5.74, 6) is 1.40. The Balaban J connectivity index is 1.10. The number of aromatic nitrogens is 4. The van der Waals surface area contributed by atoms with Crippen molar-refractivity contribution in [2.45, 2.75) is 57.0 Å². The van der Waals surface area contributed by atoms with Gasteiger partial charge in [0, 0.05) is 57.9 Å². The van der Waals surface area contributed by atoms with Crippen molar-refractivity contribution >= 4 is 22.9 Å². The third-order valence-electron chi connectivity index (χ3n) is 9.57. The standard InChI is InChI=1S/C34H41F3N8O/c35-34(36,37)27-8-6-26(7-9-27)23-45-24-38-30-31(39-28-10-14-42(15-11-28)22-25-4-2-1-3-5-25)40-33(41-32(30)45)44-16-12-29(13-17-44)43-18-20-46-21-19-43/h1-9,24,28-29H,10-23H2,(H,39,40,41). The molecule has 3 fully saturated rings. The highest BCUT2D eigenvalue weighted by Crippen LogP contribution is 2.31. The van der Waals surface area contributed by atoms with Gasteiger partial charge >= 0.3 is 6.18 Å². The van der Waals surface area contributed by atoms with Crippen LogP contribution in [0, 0.1) is 0 Å². The zero-order valence-electron chi connectivity index (χ0n) is 26.0. The Labute approximate surface area is 267 Å². The van der Waals surface area contributed by atoms with Crippen LogP contribution in [0.2, 0.25) is 0 Å². The first kappa shape index (κ1) is 30.9. The van der Waals surface area contributed by atoms with E-state index in [-0.39, 0.29) is 6.04 Å². The molecule has 3 aliphatic rings. The van der Waals surface area contributed by atoms with Crippen molar-refractivity contribution in [3.05, 3.63) is 77.6 Å². The average molecular weight is 635 g/mol. The first-order valence-corrected chi connectivity index (χ1v) is 16.4. The third kappa shape index (κ3) is 7.13. The van der Waals surface area contributed by atoms with Gasteiger partial charge in [-0.05, 0) is 48.9 Å². The molecule has 9 nitrogen and oxygen atoms in total. The fourth-order valence-electron chi connectivity index (χ4n) is 6.93. The number of benzene rings is 2. The third-order valence-corrected chi connectivity index (χ3v) is 9.57. The van der Waals surface area contributed by atoms with Crippen molar-refractivity contribution < 1.29 is 17.9 Å². The molecule has 0 bridgehead atoms. The number of fused-ring (bicyclic) bond motifs is 1. The van der Waals surface area contributed by atoms with Crippen LogP contribution >= 0.6 is 0 Å². The van der Waals surface area contributed by atoms with E-state index in [1.165, 1.54) is 17.7 Å². The molecule has 0 unspecified atom stereocenters. The van der Waals surface area contributed by atoms with Gasteiger partial charge in [-0.15, -0.1) is 0 Å². The zero-order valence-corrected chi connectivity index (χ0v) is 26.0. The number of rotatable bonds is 8. The molecule has 1 N–H and O–H groups in total. The summed E-state index contributed by atoms with van der Waals surface area (Å²) >= 11 is 0. The van der Waals surface area contributed by atoms with Crippen LogP contribution in [0.25, 0.3) is 11.2 Å². The minimum Gasteiger partial charge on any atom is -0.379 e. The zero-order chi connectivity index (χ0) is 31.5. The molecule has 46 heavy (non-hydrogen) atoms. The summed E-state index contributed by atoms with van der Waals surface area (Å²) in [6.45, 7) is 8.56. The maximum absolute atomic E-state index is 13.2. The molecule has 4 aromatic rings. The van der Waals surface area contributed by atoms with Crippen molar-refractivity contribution in [2.75, 3.05) is 62.7 Å². The Bertz CT molecular complexity index is 1570. The molecular weight excluding hydrogens is 593 g/mol. The van der Waals surface area contributed by atoms with Crippen LogP contribution in [0.5, 0.6) is 0 Å². The smallest absolute Gasteiger partial charge is 0.379 e. The maximum atomic E-state index is 13.2. The number of morpholine rings is 1. The number of nitrogens with one attached hydrogen (secondary N) is 1. The summed E-state index contributed by atoms with van der Waals surface area (Å²) in [4.78, 5) is 22.1. The van der Waals surface area contributed by atoms with Gasteiger partial charge in [-0.25, -0.2) is 4.98 Å². The van der Waals surface area contributed by atoms with Gasteiger partial charge in [0.25, 0.3) is 0 Å². The first-order valence-electron chi connectivity index (χ1n) is 16.4. The number of hydrogen-bond donors (Lipinski definition) is 1. The van der Waals surface area contributed by atoms with Gasteiger partial charge in [0.1, 0.15) is 0 Å². The summed E-state index contributed by atoms with van der Waals surface area (Å²) in [5, 5.41) is 3.72. The van der Waals surface area contributed by atoms with E-state index in [2.05, 4.69) is 44.3 Å². The molecule has 244 valence electrons. The summed E-state index contributed by atoms with van der Waals surface area (Å²) in [6.07, 6.45) is 1.41. The molecule has 3 saturated heterocycles. The number of alkyl halides is 3. The predicted octanol–water partition coefficient (Wildman–Crippen LogP) is 5.27. The number of ether oxygens (including phenoxy) is 1. The summed E-state index contributed by atoms with van der Waals surface area (Å²) in [5.41, 5.74) is 2.79. The fourth-order valence-corrected chi connectivity index (χ4v) is 6.93. The molecule has 5 heterocycles. The van der Waals surface area contributed by atoms with Gasteiger partial charge < -0.3 is 19.5 Å². The number of nitrogens with zero attached hydrogens (tertiary/aromatic N) is 7. The van der Waals surface area contributed by atoms with Gasteiger partial charge in [-0.1, -0.05) is 42.5 Å². The lowest BCUT2D eigenvalue weighted by Crippen LogP contribution is -2.49. The predicted molar refractivity (Wildman–Crippen MR) is 172 cm³/mol. The minimum atomic E-state index is -4.37. The largest absolute Gasteiger partial charge is 0.416 e. The summed E-state index contributed by atoms with van der Waals surface area (Å²) in [7, 11) is 0. The molecule has 7 rings (SSSR count). The van der Waals surface area contributed by atoms with Gasteiger partial charge in [-0.2, -0.15) is 23.1 Å². The molecule has 0 amide bonds. The van der Waals surface area contributed by atoms with Crippen LogP contribution in [-0.2, 0) is 24.0 Å². The first-order chi connectivity index (χ1) is 22.4. The molecule has 0 spiro atoms. The molecule has 2 aromatic heterocycles. The maximum Gasteiger partial charge on any atom is 0.416 e. The molecule has 3 aliphatic heterocycles. The molecule has 0 aliphatic carbocycles. The van der Waals surface area contributed by atoms with Crippen molar-refractivity contribution in [1.82, 2.24) is 29.3 Å². The van der Waals surface area contributed by atoms with Gasteiger partial charge in [0.05, 0.1) is 31.6 Å². The van der Waals surface area contributed by atoms with Crippen LogP contribution in [0.15, 0.2) is 60.9 Å². The van der Waals surface area contributed by atoms with Crippen molar-refractivity contribution in [2.24, 2.45) is 0 Å². The topological polar surface area (TPSA) is 74.6 Å². The van der Waals surface area contributed by atoms with Gasteiger partial charge in [0.2, 0.25) is 5.95 Å². The lowest BCUT2D eigenvalue weighted by atomic mass is 10.0.